The Morgan fingerprint density at radius 2 is 2.19 bits per heavy atom. The predicted octanol–water partition coefficient (Wildman–Crippen LogP) is 3.31. The number of nitrogens with zero attached hydrogens (tertiary/aromatic N) is 4. The summed E-state index contributed by atoms with van der Waals surface area (Å²) in [6.45, 7) is 4.45. The smallest absolute Gasteiger partial charge is 0.240 e. The molecule has 0 unspecified atom stereocenters. The quantitative estimate of drug-likeness (QED) is 0.796. The molecule has 0 aliphatic carbocycles. The van der Waals surface area contributed by atoms with Gasteiger partial charge in [0.2, 0.25) is 11.8 Å². The first-order valence-electron chi connectivity index (χ1n) is 9.10. The number of nitrogens with one attached hydrogen (secondary N) is 1. The van der Waals surface area contributed by atoms with Crippen molar-refractivity contribution in [3.63, 3.8) is 0 Å². The Hall–Kier alpha value is -1.99. The Balaban J connectivity index is 1.44. The van der Waals surface area contributed by atoms with Crippen molar-refractivity contribution in [3.8, 4) is 0 Å². The lowest BCUT2D eigenvalue weighted by Gasteiger charge is -2.30. The van der Waals surface area contributed by atoms with Gasteiger partial charge in [-0.2, -0.15) is 4.98 Å². The largest absolute Gasteiger partial charge is 0.338 e. The number of piperidine rings is 1. The average Bonchev–Trinajstić information content (AvgIpc) is 3.10. The molecule has 3 heterocycles. The number of aryl methyl sites for hydroxylation is 1. The summed E-state index contributed by atoms with van der Waals surface area (Å²) in [6.07, 6.45) is 6.18. The Morgan fingerprint density at radius 3 is 2.88 bits per heavy atom. The summed E-state index contributed by atoms with van der Waals surface area (Å²) in [5, 5.41) is 7.43. The number of carbonyl (C=O) groups is 1. The molecule has 1 fully saturated rings. The highest BCUT2D eigenvalue weighted by molar-refractivity contribution is 6.30. The van der Waals surface area contributed by atoms with E-state index in [1.54, 1.807) is 12.1 Å². The van der Waals surface area contributed by atoms with Gasteiger partial charge in [-0.15, -0.1) is 0 Å². The third kappa shape index (κ3) is 5.25. The lowest BCUT2D eigenvalue weighted by atomic mass is 9.96. The number of likely N-dealkylation sites (tertiary alicyclic amines) is 1. The van der Waals surface area contributed by atoms with Crippen LogP contribution in [0.25, 0.3) is 0 Å². The zero-order valence-corrected chi connectivity index (χ0v) is 15.7. The summed E-state index contributed by atoms with van der Waals surface area (Å²) in [5.74, 6) is 1.98. The van der Waals surface area contributed by atoms with Crippen LogP contribution in [0.15, 0.2) is 22.9 Å². The van der Waals surface area contributed by atoms with Crippen molar-refractivity contribution in [2.75, 3.05) is 18.4 Å². The molecule has 3 rings (SSSR count). The van der Waals surface area contributed by atoms with Gasteiger partial charge < -0.3 is 9.84 Å². The fourth-order valence-corrected chi connectivity index (χ4v) is 3.13. The van der Waals surface area contributed by atoms with E-state index in [9.17, 15) is 4.79 Å². The van der Waals surface area contributed by atoms with Crippen molar-refractivity contribution in [1.29, 1.82) is 0 Å². The number of unbranched alkanes of at least 4 members (excludes halogenated alkanes) is 1. The maximum absolute atomic E-state index is 12.4. The van der Waals surface area contributed by atoms with Crippen LogP contribution < -0.4 is 5.32 Å². The SMILES string of the molecule is CCCCc1noc(CN2CCC(C(=O)Nc3ccc(Cl)cn3)CC2)n1. The second-order valence-corrected chi connectivity index (χ2v) is 7.05. The van der Waals surface area contributed by atoms with Crippen LogP contribution in [-0.4, -0.2) is 39.0 Å². The molecule has 0 atom stereocenters. The molecule has 1 aliphatic heterocycles. The van der Waals surface area contributed by atoms with Gasteiger partial charge in [0, 0.05) is 18.5 Å². The van der Waals surface area contributed by atoms with Crippen LogP contribution in [0.4, 0.5) is 5.82 Å². The fraction of sp³-hybridized carbons (Fsp3) is 0.556. The first-order chi connectivity index (χ1) is 12.6. The molecule has 140 valence electrons. The zero-order valence-electron chi connectivity index (χ0n) is 14.9. The molecule has 8 heteroatoms. The van der Waals surface area contributed by atoms with Gasteiger partial charge in [0.25, 0.3) is 0 Å². The minimum Gasteiger partial charge on any atom is -0.338 e. The number of hydrogen-bond donors (Lipinski definition) is 1. The van der Waals surface area contributed by atoms with Crippen LogP contribution >= 0.6 is 11.6 Å². The van der Waals surface area contributed by atoms with Crippen LogP contribution in [0.1, 0.15) is 44.3 Å². The molecule has 26 heavy (non-hydrogen) atoms. The zero-order chi connectivity index (χ0) is 18.4. The highest BCUT2D eigenvalue weighted by Crippen LogP contribution is 2.20. The van der Waals surface area contributed by atoms with Crippen molar-refractivity contribution in [1.82, 2.24) is 20.0 Å². The summed E-state index contributed by atoms with van der Waals surface area (Å²) >= 11 is 5.81. The van der Waals surface area contributed by atoms with Crippen molar-refractivity contribution < 1.29 is 9.32 Å². The highest BCUT2D eigenvalue weighted by Gasteiger charge is 2.26. The van der Waals surface area contributed by atoms with E-state index in [0.717, 1.165) is 51.0 Å². The normalized spacial score (nSPS) is 15.9. The van der Waals surface area contributed by atoms with Crippen molar-refractivity contribution in [2.45, 2.75) is 45.6 Å². The lowest BCUT2D eigenvalue weighted by Crippen LogP contribution is -2.37. The topological polar surface area (TPSA) is 84.2 Å². The summed E-state index contributed by atoms with van der Waals surface area (Å²) in [4.78, 5) is 23.2. The summed E-state index contributed by atoms with van der Waals surface area (Å²) in [5.41, 5.74) is 0. The molecule has 0 aromatic carbocycles. The van der Waals surface area contributed by atoms with Gasteiger partial charge in [-0.05, 0) is 44.5 Å². The molecule has 0 saturated carbocycles. The maximum atomic E-state index is 12.4. The van der Waals surface area contributed by atoms with Crippen LogP contribution in [0.3, 0.4) is 0 Å². The Labute approximate surface area is 158 Å². The van der Waals surface area contributed by atoms with Crippen LogP contribution in [0.5, 0.6) is 0 Å². The number of rotatable bonds is 7. The standard InChI is InChI=1S/C18H24ClN5O2/c1-2-3-4-16-21-17(26-23-16)12-24-9-7-13(8-10-24)18(25)22-15-6-5-14(19)11-20-15/h5-6,11,13H,2-4,7-10,12H2,1H3,(H,20,22,25). The molecule has 2 aromatic rings. The number of aromatic nitrogens is 3. The summed E-state index contributed by atoms with van der Waals surface area (Å²) in [7, 11) is 0. The molecule has 1 amide bonds. The summed E-state index contributed by atoms with van der Waals surface area (Å²) in [6, 6.07) is 3.42. The number of anilines is 1. The first-order valence-corrected chi connectivity index (χ1v) is 9.48. The van der Waals surface area contributed by atoms with E-state index in [2.05, 4.69) is 32.3 Å². The Kier molecular flexibility index (Phi) is 6.57. The average molecular weight is 378 g/mol. The van der Waals surface area contributed by atoms with E-state index in [1.807, 2.05) is 0 Å². The fourth-order valence-electron chi connectivity index (χ4n) is 3.01. The van der Waals surface area contributed by atoms with Crippen molar-refractivity contribution in [3.05, 3.63) is 35.1 Å². The number of halogens is 1. The number of amides is 1. The Bertz CT molecular complexity index is 711. The minimum absolute atomic E-state index is 0.00784. The van der Waals surface area contributed by atoms with Gasteiger partial charge in [-0.3, -0.25) is 9.69 Å². The molecular formula is C18H24ClN5O2. The summed E-state index contributed by atoms with van der Waals surface area (Å²) < 4.78 is 5.33. The third-order valence-corrected chi connectivity index (χ3v) is 4.78. The number of hydrogen-bond acceptors (Lipinski definition) is 6. The molecule has 0 bridgehead atoms. The van der Waals surface area contributed by atoms with Gasteiger partial charge in [-0.1, -0.05) is 30.1 Å². The molecule has 0 radical (unpaired) electrons. The molecule has 0 spiro atoms. The van der Waals surface area contributed by atoms with Crippen LogP contribution in [0.2, 0.25) is 5.02 Å². The van der Waals surface area contributed by atoms with Gasteiger partial charge >= 0.3 is 0 Å². The number of pyridine rings is 1. The van der Waals surface area contributed by atoms with Crippen LogP contribution in [0, 0.1) is 5.92 Å². The Morgan fingerprint density at radius 1 is 1.38 bits per heavy atom. The predicted molar refractivity (Wildman–Crippen MR) is 98.8 cm³/mol. The van der Waals surface area contributed by atoms with E-state index in [4.69, 9.17) is 16.1 Å². The second-order valence-electron chi connectivity index (χ2n) is 6.61. The van der Waals surface area contributed by atoms with E-state index in [-0.39, 0.29) is 11.8 Å². The van der Waals surface area contributed by atoms with Gasteiger partial charge in [0.05, 0.1) is 11.6 Å². The lowest BCUT2D eigenvalue weighted by molar-refractivity contribution is -0.121. The molecule has 1 aliphatic rings. The van der Waals surface area contributed by atoms with E-state index < -0.39 is 0 Å². The monoisotopic (exact) mass is 377 g/mol. The van der Waals surface area contributed by atoms with Crippen LogP contribution in [-0.2, 0) is 17.8 Å². The van der Waals surface area contributed by atoms with E-state index in [1.165, 1.54) is 6.20 Å². The van der Waals surface area contributed by atoms with Gasteiger partial charge in [-0.25, -0.2) is 4.98 Å². The van der Waals surface area contributed by atoms with Gasteiger partial charge in [0.1, 0.15) is 5.82 Å². The third-order valence-electron chi connectivity index (χ3n) is 4.56. The first kappa shape index (κ1) is 18.8. The molecular weight excluding hydrogens is 354 g/mol. The van der Waals surface area contributed by atoms with Gasteiger partial charge in [0.15, 0.2) is 5.82 Å². The molecule has 1 saturated heterocycles. The molecule has 1 N–H and O–H groups in total. The minimum atomic E-state index is -0.00784. The maximum Gasteiger partial charge on any atom is 0.240 e. The molecule has 2 aromatic heterocycles. The van der Waals surface area contributed by atoms with Crippen molar-refractivity contribution in [2.24, 2.45) is 5.92 Å². The second kappa shape index (κ2) is 9.09. The van der Waals surface area contributed by atoms with Crippen molar-refractivity contribution >= 4 is 23.3 Å². The highest BCUT2D eigenvalue weighted by atomic mass is 35.5. The van der Waals surface area contributed by atoms with E-state index in [0.29, 0.717) is 23.3 Å². The number of carbonyl (C=O) groups excluding carboxylic acids is 1. The molecule has 7 nitrogen and oxygen atoms in total. The van der Waals surface area contributed by atoms with E-state index >= 15 is 0 Å².